The van der Waals surface area contributed by atoms with E-state index in [1.807, 2.05) is 4.90 Å². The summed E-state index contributed by atoms with van der Waals surface area (Å²) in [5.74, 6) is 0. The third-order valence-corrected chi connectivity index (χ3v) is 4.30. The second-order valence-corrected chi connectivity index (χ2v) is 6.25. The molecule has 114 valence electrons. The van der Waals surface area contributed by atoms with Crippen LogP contribution in [0.2, 0.25) is 0 Å². The van der Waals surface area contributed by atoms with E-state index in [9.17, 15) is 13.2 Å². The number of piperidine rings is 1. The largest absolute Gasteiger partial charge is 0.445 e. The Morgan fingerprint density at radius 2 is 2.10 bits per heavy atom. The molecule has 1 aliphatic rings. The Balaban J connectivity index is 2.09. The molecule has 0 bridgehead atoms. The topological polar surface area (TPSA) is 41.0 Å². The standard InChI is InChI=1S/C12H19F3N4S/c1-8(2)16-7-9-5-3-4-6-19(9)11-18-17-10(20-11)12(13,14)15/h8-9,16H,3-7H2,1-2H3. The molecule has 1 aromatic rings. The molecule has 20 heavy (non-hydrogen) atoms. The highest BCUT2D eigenvalue weighted by Crippen LogP contribution is 2.36. The average Bonchev–Trinajstić information content (AvgIpc) is 2.86. The summed E-state index contributed by atoms with van der Waals surface area (Å²) in [6.07, 6.45) is -1.34. The van der Waals surface area contributed by atoms with Gasteiger partial charge < -0.3 is 10.2 Å². The summed E-state index contributed by atoms with van der Waals surface area (Å²) in [6.45, 7) is 5.62. The van der Waals surface area contributed by atoms with E-state index in [1.165, 1.54) is 0 Å². The van der Waals surface area contributed by atoms with Gasteiger partial charge in [0.1, 0.15) is 0 Å². The van der Waals surface area contributed by atoms with Crippen LogP contribution in [0.1, 0.15) is 38.1 Å². The van der Waals surface area contributed by atoms with Gasteiger partial charge in [-0.05, 0) is 19.3 Å². The van der Waals surface area contributed by atoms with Crippen molar-refractivity contribution in [3.63, 3.8) is 0 Å². The maximum Gasteiger partial charge on any atom is 0.445 e. The summed E-state index contributed by atoms with van der Waals surface area (Å²) in [7, 11) is 0. The predicted molar refractivity (Wildman–Crippen MR) is 73.0 cm³/mol. The number of nitrogens with zero attached hydrogens (tertiary/aromatic N) is 3. The van der Waals surface area contributed by atoms with E-state index in [0.29, 0.717) is 22.5 Å². The van der Waals surface area contributed by atoms with Gasteiger partial charge in [-0.3, -0.25) is 0 Å². The van der Waals surface area contributed by atoms with Crippen LogP contribution in [-0.4, -0.2) is 35.4 Å². The lowest BCUT2D eigenvalue weighted by Crippen LogP contribution is -2.46. The van der Waals surface area contributed by atoms with Crippen LogP contribution in [0.15, 0.2) is 0 Å². The SMILES string of the molecule is CC(C)NCC1CCCCN1c1nnc(C(F)(F)F)s1. The van der Waals surface area contributed by atoms with Crippen molar-refractivity contribution < 1.29 is 13.2 Å². The molecular formula is C12H19F3N4S. The van der Waals surface area contributed by atoms with Crippen molar-refractivity contribution in [2.45, 2.75) is 51.4 Å². The first-order valence-corrected chi connectivity index (χ1v) is 7.60. The first-order valence-electron chi connectivity index (χ1n) is 6.78. The molecule has 0 spiro atoms. The van der Waals surface area contributed by atoms with Gasteiger partial charge in [-0.15, -0.1) is 10.2 Å². The van der Waals surface area contributed by atoms with Gasteiger partial charge in [0.25, 0.3) is 0 Å². The van der Waals surface area contributed by atoms with Crippen molar-refractivity contribution in [1.82, 2.24) is 15.5 Å². The molecule has 0 saturated carbocycles. The zero-order valence-corrected chi connectivity index (χ0v) is 12.4. The number of alkyl halides is 3. The van der Waals surface area contributed by atoms with Crippen LogP contribution in [0, 0.1) is 0 Å². The van der Waals surface area contributed by atoms with Gasteiger partial charge in [0.2, 0.25) is 10.1 Å². The second-order valence-electron chi connectivity index (χ2n) is 5.29. The molecule has 4 nitrogen and oxygen atoms in total. The lowest BCUT2D eigenvalue weighted by Gasteiger charge is -2.35. The Hall–Kier alpha value is -0.890. The summed E-state index contributed by atoms with van der Waals surface area (Å²) in [5, 5.41) is 9.86. The van der Waals surface area contributed by atoms with Crippen molar-refractivity contribution >= 4 is 16.5 Å². The third kappa shape index (κ3) is 3.82. The number of anilines is 1. The quantitative estimate of drug-likeness (QED) is 0.928. The number of nitrogens with one attached hydrogen (secondary N) is 1. The van der Waals surface area contributed by atoms with E-state index in [2.05, 4.69) is 29.4 Å². The second kappa shape index (κ2) is 6.26. The van der Waals surface area contributed by atoms with Crippen LogP contribution in [0.3, 0.4) is 0 Å². The molecule has 0 aliphatic carbocycles. The highest BCUT2D eigenvalue weighted by Gasteiger charge is 2.37. The maximum atomic E-state index is 12.6. The molecule has 1 unspecified atom stereocenters. The van der Waals surface area contributed by atoms with E-state index in [0.717, 1.165) is 32.4 Å². The molecule has 1 fully saturated rings. The third-order valence-electron chi connectivity index (χ3n) is 3.29. The highest BCUT2D eigenvalue weighted by atomic mass is 32.1. The Morgan fingerprint density at radius 3 is 2.70 bits per heavy atom. The molecule has 0 amide bonds. The summed E-state index contributed by atoms with van der Waals surface area (Å²) in [4.78, 5) is 1.96. The Morgan fingerprint density at radius 1 is 1.35 bits per heavy atom. The molecule has 0 aromatic carbocycles. The first-order chi connectivity index (χ1) is 9.38. The van der Waals surface area contributed by atoms with Crippen LogP contribution in [-0.2, 0) is 6.18 Å². The molecule has 1 saturated heterocycles. The van der Waals surface area contributed by atoms with Gasteiger partial charge in [-0.25, -0.2) is 0 Å². The Labute approximate surface area is 120 Å². The first kappa shape index (κ1) is 15.5. The van der Waals surface area contributed by atoms with E-state index in [1.54, 1.807) is 0 Å². The Kier molecular flexibility index (Phi) is 4.85. The summed E-state index contributed by atoms with van der Waals surface area (Å²) in [5.41, 5.74) is 0. The molecule has 8 heteroatoms. The monoisotopic (exact) mass is 308 g/mol. The predicted octanol–water partition coefficient (Wildman–Crippen LogP) is 2.91. The smallest absolute Gasteiger partial charge is 0.342 e. The molecule has 2 heterocycles. The summed E-state index contributed by atoms with van der Waals surface area (Å²) >= 11 is 0.635. The molecule has 1 N–H and O–H groups in total. The number of aromatic nitrogens is 2. The molecule has 1 aromatic heterocycles. The van der Waals surface area contributed by atoms with Gasteiger partial charge in [-0.1, -0.05) is 25.2 Å². The summed E-state index contributed by atoms with van der Waals surface area (Å²) in [6, 6.07) is 0.555. The van der Waals surface area contributed by atoms with Crippen LogP contribution >= 0.6 is 11.3 Å². The van der Waals surface area contributed by atoms with Crippen LogP contribution in [0.5, 0.6) is 0 Å². The lowest BCUT2D eigenvalue weighted by atomic mass is 10.0. The number of hydrogen-bond acceptors (Lipinski definition) is 5. The van der Waals surface area contributed by atoms with Crippen LogP contribution in [0.25, 0.3) is 0 Å². The number of hydrogen-bond donors (Lipinski definition) is 1. The fraction of sp³-hybridized carbons (Fsp3) is 0.833. The zero-order valence-electron chi connectivity index (χ0n) is 11.6. The number of rotatable bonds is 4. The van der Waals surface area contributed by atoms with Gasteiger partial charge in [0.15, 0.2) is 0 Å². The van der Waals surface area contributed by atoms with E-state index in [-0.39, 0.29) is 6.04 Å². The minimum Gasteiger partial charge on any atom is -0.342 e. The van der Waals surface area contributed by atoms with Gasteiger partial charge in [0.05, 0.1) is 0 Å². The van der Waals surface area contributed by atoms with Crippen molar-refractivity contribution in [2.24, 2.45) is 0 Å². The molecule has 2 rings (SSSR count). The van der Waals surface area contributed by atoms with Crippen molar-refractivity contribution in [3.8, 4) is 0 Å². The van der Waals surface area contributed by atoms with E-state index < -0.39 is 11.2 Å². The minimum absolute atomic E-state index is 0.195. The van der Waals surface area contributed by atoms with Gasteiger partial charge in [-0.2, -0.15) is 13.2 Å². The zero-order chi connectivity index (χ0) is 14.8. The van der Waals surface area contributed by atoms with Crippen LogP contribution in [0.4, 0.5) is 18.3 Å². The van der Waals surface area contributed by atoms with Gasteiger partial charge >= 0.3 is 6.18 Å². The van der Waals surface area contributed by atoms with Gasteiger partial charge in [0, 0.05) is 25.2 Å². The molecular weight excluding hydrogens is 289 g/mol. The fourth-order valence-corrected chi connectivity index (χ4v) is 3.09. The minimum atomic E-state index is -4.41. The molecule has 1 aliphatic heterocycles. The maximum absolute atomic E-state index is 12.6. The van der Waals surface area contributed by atoms with Crippen LogP contribution < -0.4 is 10.2 Å². The highest BCUT2D eigenvalue weighted by molar-refractivity contribution is 7.15. The average molecular weight is 308 g/mol. The Bertz CT molecular complexity index is 433. The lowest BCUT2D eigenvalue weighted by molar-refractivity contribution is -0.138. The number of halogens is 3. The van der Waals surface area contributed by atoms with E-state index >= 15 is 0 Å². The van der Waals surface area contributed by atoms with Crippen molar-refractivity contribution in [2.75, 3.05) is 18.0 Å². The van der Waals surface area contributed by atoms with Crippen molar-refractivity contribution in [3.05, 3.63) is 5.01 Å². The normalized spacial score (nSPS) is 20.7. The molecule has 0 radical (unpaired) electrons. The van der Waals surface area contributed by atoms with E-state index in [4.69, 9.17) is 0 Å². The summed E-state index contributed by atoms with van der Waals surface area (Å²) < 4.78 is 37.8. The fourth-order valence-electron chi connectivity index (χ4n) is 2.28. The van der Waals surface area contributed by atoms with Crippen molar-refractivity contribution in [1.29, 1.82) is 0 Å². The molecule has 1 atom stereocenters.